The molecule has 0 amide bonds. The third-order valence-electron chi connectivity index (χ3n) is 5.42. The normalized spacial score (nSPS) is 13.8. The molecule has 0 saturated heterocycles. The fourth-order valence-electron chi connectivity index (χ4n) is 3.98. The minimum atomic E-state index is 0.0407. The summed E-state index contributed by atoms with van der Waals surface area (Å²) in [4.78, 5) is 0. The van der Waals surface area contributed by atoms with Gasteiger partial charge in [-0.2, -0.15) is 0 Å². The number of hydrogen-bond donors (Lipinski definition) is 0. The Balaban J connectivity index is 1.92. The van der Waals surface area contributed by atoms with Gasteiger partial charge in [0.05, 0.1) is 0 Å². The highest BCUT2D eigenvalue weighted by molar-refractivity contribution is 5.92. The van der Waals surface area contributed by atoms with E-state index in [-0.39, 0.29) is 5.41 Å². The van der Waals surface area contributed by atoms with Gasteiger partial charge in [-0.05, 0) is 44.5 Å². The maximum atomic E-state index is 4.03. The first kappa shape index (κ1) is 15.7. The van der Waals surface area contributed by atoms with Crippen LogP contribution in [0.4, 0.5) is 0 Å². The van der Waals surface area contributed by atoms with Crippen molar-refractivity contribution in [1.29, 1.82) is 0 Å². The zero-order valence-corrected chi connectivity index (χ0v) is 14.8. The zero-order valence-electron chi connectivity index (χ0n) is 14.8. The second-order valence-corrected chi connectivity index (χ2v) is 7.21. The molecule has 0 N–H and O–H groups in total. The van der Waals surface area contributed by atoms with Crippen LogP contribution >= 0.6 is 0 Å². The second kappa shape index (κ2) is 5.60. The lowest BCUT2D eigenvalue weighted by atomic mass is 9.82. The highest BCUT2D eigenvalue weighted by Gasteiger charge is 2.36. The summed E-state index contributed by atoms with van der Waals surface area (Å²) in [5.74, 6) is 0. The highest BCUT2D eigenvalue weighted by Crippen LogP contribution is 2.51. The van der Waals surface area contributed by atoms with Gasteiger partial charge in [0.2, 0.25) is 0 Å². The third-order valence-corrected chi connectivity index (χ3v) is 5.42. The summed E-state index contributed by atoms with van der Waals surface area (Å²) in [7, 11) is 0. The van der Waals surface area contributed by atoms with E-state index in [2.05, 4.69) is 93.7 Å². The van der Waals surface area contributed by atoms with Gasteiger partial charge in [0.1, 0.15) is 0 Å². The Hall–Kier alpha value is -2.86. The van der Waals surface area contributed by atoms with E-state index in [4.69, 9.17) is 0 Å². The van der Waals surface area contributed by atoms with Crippen LogP contribution in [0.2, 0.25) is 0 Å². The Bertz CT molecular complexity index is 985. The Morgan fingerprint density at radius 2 is 1.44 bits per heavy atom. The van der Waals surface area contributed by atoms with E-state index >= 15 is 0 Å². The van der Waals surface area contributed by atoms with Crippen LogP contribution in [0.25, 0.3) is 27.8 Å². The van der Waals surface area contributed by atoms with Crippen molar-refractivity contribution in [2.45, 2.75) is 19.3 Å². The van der Waals surface area contributed by atoms with Crippen LogP contribution < -0.4 is 0 Å². The Kier molecular flexibility index (Phi) is 3.51. The van der Waals surface area contributed by atoms with Gasteiger partial charge in [-0.15, -0.1) is 0 Å². The van der Waals surface area contributed by atoms with Crippen LogP contribution in [0.3, 0.4) is 0 Å². The summed E-state index contributed by atoms with van der Waals surface area (Å²) in [6.07, 6.45) is 1.80. The van der Waals surface area contributed by atoms with Crippen molar-refractivity contribution in [3.05, 3.63) is 103 Å². The van der Waals surface area contributed by atoms with Gasteiger partial charge in [-0.3, -0.25) is 0 Å². The van der Waals surface area contributed by atoms with Crippen molar-refractivity contribution in [2.75, 3.05) is 0 Å². The lowest BCUT2D eigenvalue weighted by molar-refractivity contribution is 0.660. The van der Waals surface area contributed by atoms with E-state index in [1.54, 1.807) is 6.08 Å². The fourth-order valence-corrected chi connectivity index (χ4v) is 3.98. The molecule has 0 aromatic heterocycles. The molecule has 0 aliphatic heterocycles. The molecular weight excluding hydrogens is 300 g/mol. The summed E-state index contributed by atoms with van der Waals surface area (Å²) in [5, 5.41) is 0. The molecule has 0 heterocycles. The predicted molar refractivity (Wildman–Crippen MR) is 109 cm³/mol. The molecule has 122 valence electrons. The first-order valence-electron chi connectivity index (χ1n) is 8.69. The van der Waals surface area contributed by atoms with Crippen LogP contribution in [0.15, 0.2) is 86.0 Å². The first-order valence-corrected chi connectivity index (χ1v) is 8.69. The second-order valence-electron chi connectivity index (χ2n) is 7.21. The summed E-state index contributed by atoms with van der Waals surface area (Å²) >= 11 is 0. The molecule has 0 heteroatoms. The number of rotatable bonds is 3. The van der Waals surface area contributed by atoms with E-state index in [9.17, 15) is 0 Å². The maximum Gasteiger partial charge on any atom is 0.0159 e. The molecule has 0 bridgehead atoms. The van der Waals surface area contributed by atoms with E-state index < -0.39 is 0 Å². The van der Waals surface area contributed by atoms with E-state index in [0.29, 0.717) is 0 Å². The average Bonchev–Trinajstić information content (AvgIpc) is 2.89. The molecule has 0 radical (unpaired) electrons. The van der Waals surface area contributed by atoms with Crippen LogP contribution in [0.1, 0.15) is 30.5 Å². The molecule has 25 heavy (non-hydrogen) atoms. The van der Waals surface area contributed by atoms with Crippen molar-refractivity contribution in [3.8, 4) is 22.3 Å². The fraction of sp³-hybridized carbons (Fsp3) is 0.120. The largest absolute Gasteiger partial charge is 0.0985 e. The van der Waals surface area contributed by atoms with E-state index in [1.807, 2.05) is 0 Å². The smallest absolute Gasteiger partial charge is 0.0159 e. The molecule has 0 nitrogen and oxygen atoms in total. The zero-order chi connectivity index (χ0) is 17.6. The summed E-state index contributed by atoms with van der Waals surface area (Å²) in [6.45, 7) is 12.5. The molecule has 0 spiro atoms. The van der Waals surface area contributed by atoms with Gasteiger partial charge >= 0.3 is 0 Å². The lowest BCUT2D eigenvalue weighted by Gasteiger charge is -2.21. The SMILES string of the molecule is C=CC(=C)c1ccc(-c2cccc3c2-c2ccccc2C3(C)C)cc1. The van der Waals surface area contributed by atoms with Crippen molar-refractivity contribution in [2.24, 2.45) is 0 Å². The first-order chi connectivity index (χ1) is 12.0. The monoisotopic (exact) mass is 322 g/mol. The quantitative estimate of drug-likeness (QED) is 0.462. The van der Waals surface area contributed by atoms with Crippen LogP contribution in [-0.2, 0) is 5.41 Å². The van der Waals surface area contributed by atoms with Gasteiger partial charge in [0.25, 0.3) is 0 Å². The van der Waals surface area contributed by atoms with Crippen LogP contribution in [0.5, 0.6) is 0 Å². The molecule has 1 aliphatic rings. The molecule has 1 aliphatic carbocycles. The van der Waals surface area contributed by atoms with E-state index in [0.717, 1.165) is 11.1 Å². The van der Waals surface area contributed by atoms with Gasteiger partial charge < -0.3 is 0 Å². The molecule has 4 rings (SSSR count). The van der Waals surface area contributed by atoms with Gasteiger partial charge in [-0.1, -0.05) is 99.8 Å². The summed E-state index contributed by atoms with van der Waals surface area (Å²) in [6, 6.07) is 24.1. The van der Waals surface area contributed by atoms with Crippen molar-refractivity contribution >= 4 is 5.57 Å². The minimum Gasteiger partial charge on any atom is -0.0985 e. The van der Waals surface area contributed by atoms with Crippen LogP contribution in [-0.4, -0.2) is 0 Å². The van der Waals surface area contributed by atoms with E-state index in [1.165, 1.54) is 33.4 Å². The third kappa shape index (κ3) is 2.29. The standard InChI is InChI=1S/C25H22/c1-5-17(2)18-13-15-19(16-14-18)20-10-8-12-23-24(20)21-9-6-7-11-22(21)25(23,3)4/h5-16H,1-2H2,3-4H3. The molecule has 0 atom stereocenters. The number of fused-ring (bicyclic) bond motifs is 3. The molecule has 3 aromatic carbocycles. The van der Waals surface area contributed by atoms with Crippen LogP contribution in [0, 0.1) is 0 Å². The average molecular weight is 322 g/mol. The topological polar surface area (TPSA) is 0 Å². The summed E-state index contributed by atoms with van der Waals surface area (Å²) in [5.41, 5.74) is 10.2. The van der Waals surface area contributed by atoms with Gasteiger partial charge in [-0.25, -0.2) is 0 Å². The molecule has 3 aromatic rings. The minimum absolute atomic E-state index is 0.0407. The van der Waals surface area contributed by atoms with Crippen molar-refractivity contribution in [1.82, 2.24) is 0 Å². The predicted octanol–water partition coefficient (Wildman–Crippen LogP) is 6.86. The maximum absolute atomic E-state index is 4.03. The Morgan fingerprint density at radius 3 is 2.16 bits per heavy atom. The number of hydrogen-bond acceptors (Lipinski definition) is 0. The van der Waals surface area contributed by atoms with Crippen molar-refractivity contribution in [3.63, 3.8) is 0 Å². The lowest BCUT2D eigenvalue weighted by Crippen LogP contribution is -2.14. The molecule has 0 saturated carbocycles. The Morgan fingerprint density at radius 1 is 0.800 bits per heavy atom. The van der Waals surface area contributed by atoms with Crippen molar-refractivity contribution < 1.29 is 0 Å². The Labute approximate surface area is 150 Å². The number of allylic oxidation sites excluding steroid dienone is 2. The number of benzene rings is 3. The molecule has 0 fully saturated rings. The highest BCUT2D eigenvalue weighted by atomic mass is 14.4. The molecular formula is C25H22. The summed E-state index contributed by atoms with van der Waals surface area (Å²) < 4.78 is 0. The van der Waals surface area contributed by atoms with Gasteiger partial charge in [0.15, 0.2) is 0 Å². The van der Waals surface area contributed by atoms with Gasteiger partial charge in [0, 0.05) is 5.41 Å². The molecule has 0 unspecified atom stereocenters.